The summed E-state index contributed by atoms with van der Waals surface area (Å²) in [5, 5.41) is 20.6. The Balaban J connectivity index is 2.29. The van der Waals surface area contributed by atoms with Crippen LogP contribution in [0.1, 0.15) is 23.7 Å². The summed E-state index contributed by atoms with van der Waals surface area (Å²) < 4.78 is 5.12. The molecule has 21 heavy (non-hydrogen) atoms. The molecule has 2 unspecified atom stereocenters. The summed E-state index contributed by atoms with van der Waals surface area (Å²) in [4.78, 5) is 24.5. The Bertz CT molecular complexity index is 560. The summed E-state index contributed by atoms with van der Waals surface area (Å²) in [5.74, 6) is -0.0222. The molecule has 7 heteroatoms. The third kappa shape index (κ3) is 3.13. The van der Waals surface area contributed by atoms with E-state index in [2.05, 4.69) is 0 Å². The van der Waals surface area contributed by atoms with Gasteiger partial charge in [0, 0.05) is 25.2 Å². The molecule has 2 atom stereocenters. The average molecular weight is 294 g/mol. The molecule has 1 saturated heterocycles. The first-order chi connectivity index (χ1) is 9.93. The van der Waals surface area contributed by atoms with Crippen molar-refractivity contribution in [1.29, 1.82) is 0 Å². The molecule has 1 aromatic rings. The molecule has 1 fully saturated rings. The highest BCUT2D eigenvalue weighted by molar-refractivity contribution is 5.97. The lowest BCUT2D eigenvalue weighted by molar-refractivity contribution is -0.384. The number of amides is 1. The number of nitrogens with zero attached hydrogens (tertiary/aromatic N) is 2. The minimum atomic E-state index is -0.543. The maximum Gasteiger partial charge on any atom is 0.270 e. The van der Waals surface area contributed by atoms with Gasteiger partial charge in [-0.05, 0) is 18.4 Å². The van der Waals surface area contributed by atoms with Gasteiger partial charge in [0.15, 0.2) is 0 Å². The van der Waals surface area contributed by atoms with Gasteiger partial charge in [-0.1, -0.05) is 6.92 Å². The molecule has 0 aromatic heterocycles. The van der Waals surface area contributed by atoms with Crippen molar-refractivity contribution in [2.45, 2.75) is 19.4 Å². The minimum Gasteiger partial charge on any atom is -0.496 e. The molecule has 0 aliphatic carbocycles. The van der Waals surface area contributed by atoms with E-state index in [1.807, 2.05) is 6.92 Å². The number of ether oxygens (including phenoxy) is 1. The van der Waals surface area contributed by atoms with Crippen molar-refractivity contribution in [3.05, 3.63) is 33.9 Å². The van der Waals surface area contributed by atoms with Crippen LogP contribution >= 0.6 is 0 Å². The van der Waals surface area contributed by atoms with Crippen LogP contribution < -0.4 is 4.74 Å². The summed E-state index contributed by atoms with van der Waals surface area (Å²) in [7, 11) is 1.42. The van der Waals surface area contributed by atoms with Gasteiger partial charge in [0.05, 0.1) is 23.7 Å². The van der Waals surface area contributed by atoms with Crippen molar-refractivity contribution >= 4 is 11.6 Å². The number of rotatable bonds is 3. The normalized spacial score (nSPS) is 22.0. The second kappa shape index (κ2) is 6.09. The van der Waals surface area contributed by atoms with Gasteiger partial charge in [0.1, 0.15) is 5.75 Å². The average Bonchev–Trinajstić information content (AvgIpc) is 2.48. The number of likely N-dealkylation sites (tertiary alicyclic amines) is 1. The predicted molar refractivity (Wildman–Crippen MR) is 75.3 cm³/mol. The molecule has 1 N–H and O–H groups in total. The van der Waals surface area contributed by atoms with Gasteiger partial charge in [0.25, 0.3) is 11.6 Å². The topological polar surface area (TPSA) is 92.9 Å². The zero-order chi connectivity index (χ0) is 15.6. The van der Waals surface area contributed by atoms with E-state index in [4.69, 9.17) is 4.74 Å². The fourth-order valence-corrected chi connectivity index (χ4v) is 2.46. The zero-order valence-electron chi connectivity index (χ0n) is 12.0. The molecular weight excluding hydrogens is 276 g/mol. The van der Waals surface area contributed by atoms with Crippen LogP contribution in [0.25, 0.3) is 0 Å². The minimum absolute atomic E-state index is 0.0209. The number of carbonyl (C=O) groups is 1. The zero-order valence-corrected chi connectivity index (χ0v) is 12.0. The van der Waals surface area contributed by atoms with Gasteiger partial charge >= 0.3 is 0 Å². The second-order valence-corrected chi connectivity index (χ2v) is 5.23. The Morgan fingerprint density at radius 1 is 1.52 bits per heavy atom. The maximum absolute atomic E-state index is 12.5. The van der Waals surface area contributed by atoms with Crippen molar-refractivity contribution in [2.75, 3.05) is 20.2 Å². The van der Waals surface area contributed by atoms with Crippen LogP contribution in [0, 0.1) is 16.0 Å². The Morgan fingerprint density at radius 3 is 2.81 bits per heavy atom. The highest BCUT2D eigenvalue weighted by Crippen LogP contribution is 2.27. The summed E-state index contributed by atoms with van der Waals surface area (Å²) in [5.41, 5.74) is 0.0273. The Hall–Kier alpha value is -2.15. The molecule has 7 nitrogen and oxygen atoms in total. The molecule has 1 heterocycles. The molecular formula is C14H18N2O5. The second-order valence-electron chi connectivity index (χ2n) is 5.23. The van der Waals surface area contributed by atoms with Crippen LogP contribution in [0.5, 0.6) is 5.75 Å². The molecule has 1 aliphatic rings. The Kier molecular flexibility index (Phi) is 4.42. The fourth-order valence-electron chi connectivity index (χ4n) is 2.46. The number of aliphatic hydroxyl groups is 1. The number of hydrogen-bond donors (Lipinski definition) is 1. The van der Waals surface area contributed by atoms with Gasteiger partial charge in [-0.15, -0.1) is 0 Å². The van der Waals surface area contributed by atoms with Crippen LogP contribution in [0.15, 0.2) is 18.2 Å². The van der Waals surface area contributed by atoms with Crippen molar-refractivity contribution in [3.8, 4) is 5.75 Å². The smallest absolute Gasteiger partial charge is 0.270 e. The lowest BCUT2D eigenvalue weighted by atomic mass is 9.96. The lowest BCUT2D eigenvalue weighted by Gasteiger charge is -2.34. The summed E-state index contributed by atoms with van der Waals surface area (Å²) in [6.45, 7) is 2.72. The molecule has 0 saturated carbocycles. The predicted octanol–water partition coefficient (Wildman–Crippen LogP) is 1.45. The number of nitro benzene ring substituents is 1. The first-order valence-corrected chi connectivity index (χ1v) is 6.73. The Labute approximate surface area is 122 Å². The highest BCUT2D eigenvalue weighted by atomic mass is 16.6. The van der Waals surface area contributed by atoms with Crippen LogP contribution in [0.2, 0.25) is 0 Å². The van der Waals surface area contributed by atoms with Crippen LogP contribution in [0.4, 0.5) is 5.69 Å². The van der Waals surface area contributed by atoms with Crippen molar-refractivity contribution in [1.82, 2.24) is 4.90 Å². The van der Waals surface area contributed by atoms with E-state index in [1.165, 1.54) is 25.3 Å². The van der Waals surface area contributed by atoms with Crippen molar-refractivity contribution in [3.63, 3.8) is 0 Å². The van der Waals surface area contributed by atoms with E-state index >= 15 is 0 Å². The number of nitro groups is 1. The number of piperidine rings is 1. The first kappa shape index (κ1) is 15.2. The van der Waals surface area contributed by atoms with E-state index in [9.17, 15) is 20.0 Å². The third-order valence-corrected chi connectivity index (χ3v) is 3.77. The number of methoxy groups -OCH3 is 1. The highest BCUT2D eigenvalue weighted by Gasteiger charge is 2.29. The molecule has 0 spiro atoms. The van der Waals surface area contributed by atoms with Gasteiger partial charge in [-0.2, -0.15) is 0 Å². The third-order valence-electron chi connectivity index (χ3n) is 3.77. The van der Waals surface area contributed by atoms with Gasteiger partial charge in [0.2, 0.25) is 0 Å². The van der Waals surface area contributed by atoms with Gasteiger partial charge in [-0.3, -0.25) is 14.9 Å². The standard InChI is InChI=1S/C14H18N2O5/c1-9-8-15(6-5-12(9)17)14(18)11-7-10(16(19)20)3-4-13(11)21-2/h3-4,7,9,12,17H,5-6,8H2,1-2H3. The van der Waals surface area contributed by atoms with E-state index in [1.54, 1.807) is 4.90 Å². The van der Waals surface area contributed by atoms with Gasteiger partial charge in [-0.25, -0.2) is 0 Å². The number of benzene rings is 1. The summed E-state index contributed by atoms with van der Waals surface area (Å²) in [6, 6.07) is 3.96. The Morgan fingerprint density at radius 2 is 2.24 bits per heavy atom. The molecule has 0 bridgehead atoms. The van der Waals surface area contributed by atoms with Crippen LogP contribution in [-0.2, 0) is 0 Å². The summed E-state index contributed by atoms with van der Waals surface area (Å²) >= 11 is 0. The molecule has 1 aliphatic heterocycles. The van der Waals surface area contributed by atoms with E-state index in [0.29, 0.717) is 25.3 Å². The number of non-ortho nitro benzene ring substituents is 1. The molecule has 1 aromatic carbocycles. The van der Waals surface area contributed by atoms with Gasteiger partial charge < -0.3 is 14.7 Å². The molecule has 0 radical (unpaired) electrons. The number of hydrogen-bond acceptors (Lipinski definition) is 5. The fraction of sp³-hybridized carbons (Fsp3) is 0.500. The maximum atomic E-state index is 12.5. The van der Waals surface area contributed by atoms with E-state index in [0.717, 1.165) is 0 Å². The largest absolute Gasteiger partial charge is 0.496 e. The number of carbonyl (C=O) groups excluding carboxylic acids is 1. The van der Waals surface area contributed by atoms with Crippen LogP contribution in [-0.4, -0.2) is 47.1 Å². The van der Waals surface area contributed by atoms with E-state index in [-0.39, 0.29) is 23.1 Å². The van der Waals surface area contributed by atoms with E-state index < -0.39 is 11.0 Å². The molecule has 1 amide bonds. The SMILES string of the molecule is COc1ccc([N+](=O)[O-])cc1C(=O)N1CCC(O)C(C)C1. The first-order valence-electron chi connectivity index (χ1n) is 6.73. The molecule has 114 valence electrons. The van der Waals surface area contributed by atoms with Crippen molar-refractivity contribution in [2.24, 2.45) is 5.92 Å². The quantitative estimate of drug-likeness (QED) is 0.672. The summed E-state index contributed by atoms with van der Waals surface area (Å²) in [6.07, 6.45) is 0.0884. The molecule has 2 rings (SSSR count). The monoisotopic (exact) mass is 294 g/mol. The number of aliphatic hydroxyl groups excluding tert-OH is 1. The lowest BCUT2D eigenvalue weighted by Crippen LogP contribution is -2.45. The van der Waals surface area contributed by atoms with Crippen LogP contribution in [0.3, 0.4) is 0 Å². The van der Waals surface area contributed by atoms with Crippen molar-refractivity contribution < 1.29 is 19.6 Å².